The van der Waals surface area contributed by atoms with Crippen molar-refractivity contribution >= 4 is 21.6 Å². The van der Waals surface area contributed by atoms with Crippen LogP contribution in [0.2, 0.25) is 0 Å². The van der Waals surface area contributed by atoms with Crippen molar-refractivity contribution in [3.8, 4) is 5.75 Å². The van der Waals surface area contributed by atoms with Gasteiger partial charge in [-0.05, 0) is 42.3 Å². The van der Waals surface area contributed by atoms with Gasteiger partial charge < -0.3 is 10.1 Å². The number of nitrogens with one attached hydrogen (secondary N) is 1. The van der Waals surface area contributed by atoms with E-state index in [0.717, 1.165) is 34.4 Å². The minimum Gasteiger partial charge on any atom is -0.496 e. The first kappa shape index (κ1) is 13.9. The van der Waals surface area contributed by atoms with E-state index in [1.807, 2.05) is 12.1 Å². The van der Waals surface area contributed by atoms with Gasteiger partial charge in [-0.2, -0.15) is 0 Å². The van der Waals surface area contributed by atoms with Crippen molar-refractivity contribution in [2.45, 2.75) is 19.9 Å². The zero-order valence-corrected chi connectivity index (χ0v) is 12.8. The fourth-order valence-corrected chi connectivity index (χ4v) is 2.35. The van der Waals surface area contributed by atoms with Crippen LogP contribution in [0.3, 0.4) is 0 Å². The monoisotopic (exact) mass is 319 g/mol. The van der Waals surface area contributed by atoms with Crippen LogP contribution in [-0.4, -0.2) is 7.11 Å². The van der Waals surface area contributed by atoms with Crippen LogP contribution in [0, 0.1) is 0 Å². The van der Waals surface area contributed by atoms with E-state index in [0.29, 0.717) is 0 Å². The third kappa shape index (κ3) is 3.74. The molecule has 0 bridgehead atoms. The van der Waals surface area contributed by atoms with Gasteiger partial charge in [0.25, 0.3) is 0 Å². The van der Waals surface area contributed by atoms with Gasteiger partial charge in [-0.3, -0.25) is 0 Å². The number of aryl methyl sites for hydroxylation is 1. The van der Waals surface area contributed by atoms with E-state index >= 15 is 0 Å². The average molecular weight is 320 g/mol. The number of rotatable bonds is 5. The van der Waals surface area contributed by atoms with E-state index in [1.54, 1.807) is 7.11 Å². The third-order valence-corrected chi connectivity index (χ3v) is 3.58. The van der Waals surface area contributed by atoms with Crippen LogP contribution >= 0.6 is 15.9 Å². The van der Waals surface area contributed by atoms with Crippen molar-refractivity contribution in [1.82, 2.24) is 0 Å². The van der Waals surface area contributed by atoms with Crippen LogP contribution in [0.1, 0.15) is 18.1 Å². The molecular formula is C16H18BrNO. The van der Waals surface area contributed by atoms with Crippen molar-refractivity contribution < 1.29 is 4.74 Å². The molecule has 0 unspecified atom stereocenters. The van der Waals surface area contributed by atoms with Gasteiger partial charge in [-0.15, -0.1) is 0 Å². The molecule has 2 nitrogen and oxygen atoms in total. The van der Waals surface area contributed by atoms with Crippen molar-refractivity contribution in [1.29, 1.82) is 0 Å². The minimum atomic E-state index is 0.744. The van der Waals surface area contributed by atoms with E-state index in [4.69, 9.17) is 4.74 Å². The fraction of sp³-hybridized carbons (Fsp3) is 0.250. The molecule has 2 rings (SSSR count). The molecule has 2 aromatic carbocycles. The molecule has 2 aromatic rings. The van der Waals surface area contributed by atoms with Crippen LogP contribution < -0.4 is 10.1 Å². The Morgan fingerprint density at radius 1 is 1.11 bits per heavy atom. The maximum atomic E-state index is 5.36. The summed E-state index contributed by atoms with van der Waals surface area (Å²) in [6.07, 6.45) is 1.07. The summed E-state index contributed by atoms with van der Waals surface area (Å²) in [5.41, 5.74) is 3.61. The van der Waals surface area contributed by atoms with Gasteiger partial charge in [-0.1, -0.05) is 35.0 Å². The molecule has 0 heterocycles. The summed E-state index contributed by atoms with van der Waals surface area (Å²) in [6.45, 7) is 2.91. The van der Waals surface area contributed by atoms with Crippen LogP contribution in [0.15, 0.2) is 46.9 Å². The Morgan fingerprint density at radius 2 is 1.84 bits per heavy atom. The summed E-state index contributed by atoms with van der Waals surface area (Å²) in [4.78, 5) is 0. The minimum absolute atomic E-state index is 0.744. The third-order valence-electron chi connectivity index (χ3n) is 3.09. The number of benzene rings is 2. The molecule has 1 N–H and O–H groups in total. The molecule has 0 aliphatic heterocycles. The summed E-state index contributed by atoms with van der Waals surface area (Å²) in [7, 11) is 1.70. The smallest absolute Gasteiger partial charge is 0.123 e. The number of ether oxygens (including phenoxy) is 1. The number of halogens is 1. The number of hydrogen-bond donors (Lipinski definition) is 1. The van der Waals surface area contributed by atoms with Crippen molar-refractivity contribution in [2.24, 2.45) is 0 Å². The van der Waals surface area contributed by atoms with Gasteiger partial charge in [0.2, 0.25) is 0 Å². The summed E-state index contributed by atoms with van der Waals surface area (Å²) in [5, 5.41) is 3.41. The Kier molecular flexibility index (Phi) is 4.86. The molecule has 100 valence electrons. The highest BCUT2D eigenvalue weighted by atomic mass is 79.9. The van der Waals surface area contributed by atoms with Gasteiger partial charge in [0.1, 0.15) is 5.75 Å². The maximum absolute atomic E-state index is 5.36. The lowest BCUT2D eigenvalue weighted by atomic mass is 10.1. The highest BCUT2D eigenvalue weighted by molar-refractivity contribution is 9.10. The SMILES string of the molecule is CCc1ccc(NCc2cc(Br)ccc2OC)cc1. The standard InChI is InChI=1S/C16H18BrNO/c1-3-12-4-7-15(8-5-12)18-11-13-10-14(17)6-9-16(13)19-2/h4-10,18H,3,11H2,1-2H3. The Morgan fingerprint density at radius 3 is 2.47 bits per heavy atom. The fourth-order valence-electron chi connectivity index (χ4n) is 1.94. The zero-order chi connectivity index (χ0) is 13.7. The first-order valence-electron chi connectivity index (χ1n) is 6.38. The first-order chi connectivity index (χ1) is 9.22. The highest BCUT2D eigenvalue weighted by Gasteiger charge is 2.03. The molecule has 0 spiro atoms. The largest absolute Gasteiger partial charge is 0.496 e. The van der Waals surface area contributed by atoms with E-state index in [9.17, 15) is 0 Å². The van der Waals surface area contributed by atoms with Crippen LogP contribution in [-0.2, 0) is 13.0 Å². The Bertz CT molecular complexity index is 537. The Balaban J connectivity index is 2.07. The van der Waals surface area contributed by atoms with E-state index in [2.05, 4.69) is 58.5 Å². The molecule has 19 heavy (non-hydrogen) atoms. The molecule has 0 amide bonds. The lowest BCUT2D eigenvalue weighted by Gasteiger charge is -2.11. The van der Waals surface area contributed by atoms with E-state index in [-0.39, 0.29) is 0 Å². The molecule has 0 radical (unpaired) electrons. The van der Waals surface area contributed by atoms with Gasteiger partial charge >= 0.3 is 0 Å². The molecule has 3 heteroatoms. The first-order valence-corrected chi connectivity index (χ1v) is 7.17. The second kappa shape index (κ2) is 6.62. The van der Waals surface area contributed by atoms with Gasteiger partial charge in [0, 0.05) is 22.3 Å². The molecule has 0 saturated carbocycles. The number of methoxy groups -OCH3 is 1. The maximum Gasteiger partial charge on any atom is 0.123 e. The second-order valence-electron chi connectivity index (χ2n) is 4.36. The van der Waals surface area contributed by atoms with E-state index in [1.165, 1.54) is 5.56 Å². The highest BCUT2D eigenvalue weighted by Crippen LogP contribution is 2.24. The van der Waals surface area contributed by atoms with Crippen molar-refractivity contribution in [3.05, 3.63) is 58.1 Å². The lowest BCUT2D eigenvalue weighted by molar-refractivity contribution is 0.410. The molecule has 0 fully saturated rings. The second-order valence-corrected chi connectivity index (χ2v) is 5.28. The molecular weight excluding hydrogens is 302 g/mol. The Labute approximate surface area is 122 Å². The quantitative estimate of drug-likeness (QED) is 0.867. The molecule has 0 aliphatic rings. The summed E-state index contributed by atoms with van der Waals surface area (Å²) >= 11 is 3.49. The number of anilines is 1. The summed E-state index contributed by atoms with van der Waals surface area (Å²) < 4.78 is 6.43. The molecule has 0 saturated heterocycles. The van der Waals surface area contributed by atoms with Crippen molar-refractivity contribution in [3.63, 3.8) is 0 Å². The predicted octanol–water partition coefficient (Wildman–Crippen LogP) is 4.63. The molecule has 0 atom stereocenters. The zero-order valence-electron chi connectivity index (χ0n) is 11.2. The van der Waals surface area contributed by atoms with Crippen LogP contribution in [0.5, 0.6) is 5.75 Å². The molecule has 0 aliphatic carbocycles. The topological polar surface area (TPSA) is 21.3 Å². The lowest BCUT2D eigenvalue weighted by Crippen LogP contribution is -2.01. The van der Waals surface area contributed by atoms with E-state index < -0.39 is 0 Å². The summed E-state index contributed by atoms with van der Waals surface area (Å²) in [5.74, 6) is 0.904. The van der Waals surface area contributed by atoms with Crippen LogP contribution in [0.4, 0.5) is 5.69 Å². The van der Waals surface area contributed by atoms with Gasteiger partial charge in [0.15, 0.2) is 0 Å². The van der Waals surface area contributed by atoms with Crippen molar-refractivity contribution in [2.75, 3.05) is 12.4 Å². The molecule has 0 aromatic heterocycles. The van der Waals surface area contributed by atoms with Crippen LogP contribution in [0.25, 0.3) is 0 Å². The summed E-state index contributed by atoms with van der Waals surface area (Å²) in [6, 6.07) is 14.6. The Hall–Kier alpha value is -1.48. The van der Waals surface area contributed by atoms with Gasteiger partial charge in [-0.25, -0.2) is 0 Å². The normalized spacial score (nSPS) is 10.3. The van der Waals surface area contributed by atoms with Gasteiger partial charge in [0.05, 0.1) is 7.11 Å². The predicted molar refractivity (Wildman–Crippen MR) is 83.8 cm³/mol. The average Bonchev–Trinajstić information content (AvgIpc) is 2.46. The number of hydrogen-bond acceptors (Lipinski definition) is 2.